The molecule has 0 aliphatic heterocycles. The largest absolute Gasteiger partial charge is 0.365 e. The minimum absolute atomic E-state index is 0.568. The smallest absolute Gasteiger partial charge is 0.152 e. The molecule has 0 aliphatic rings. The van der Waals surface area contributed by atoms with Gasteiger partial charge in [0.1, 0.15) is 12.1 Å². The van der Waals surface area contributed by atoms with E-state index in [-0.39, 0.29) is 0 Å². The first-order chi connectivity index (χ1) is 11.3. The van der Waals surface area contributed by atoms with Crippen molar-refractivity contribution in [1.82, 2.24) is 9.97 Å². The summed E-state index contributed by atoms with van der Waals surface area (Å²) in [7, 11) is 1.50. The molecule has 0 aliphatic carbocycles. The number of aldehydes is 1. The van der Waals surface area contributed by atoms with Crippen molar-refractivity contribution in [3.8, 4) is 0 Å². The molecular weight excluding hydrogens is 356 g/mol. The van der Waals surface area contributed by atoms with Crippen LogP contribution in [-0.4, -0.2) is 23.3 Å². The Hall–Kier alpha value is -2.31. The van der Waals surface area contributed by atoms with Crippen molar-refractivity contribution in [3.63, 3.8) is 0 Å². The van der Waals surface area contributed by atoms with Crippen molar-refractivity contribution in [3.05, 3.63) is 64.4 Å². The molecule has 5 nitrogen and oxygen atoms in total. The van der Waals surface area contributed by atoms with E-state index in [4.69, 9.17) is 0 Å². The number of aromatic nitrogens is 2. The third kappa shape index (κ3) is 3.91. The summed E-state index contributed by atoms with van der Waals surface area (Å²) < 4.78 is 1.05. The quantitative estimate of drug-likeness (QED) is 0.686. The van der Waals surface area contributed by atoms with Crippen LogP contribution < -0.4 is 11.1 Å². The van der Waals surface area contributed by atoms with E-state index >= 15 is 0 Å². The van der Waals surface area contributed by atoms with E-state index in [1.807, 2.05) is 36.4 Å². The number of rotatable bonds is 4. The average molecular weight is 373 g/mol. The van der Waals surface area contributed by atoms with E-state index in [1.165, 1.54) is 13.4 Å². The molecule has 0 saturated heterocycles. The summed E-state index contributed by atoms with van der Waals surface area (Å²) in [6, 6.07) is 13.5. The molecule has 23 heavy (non-hydrogen) atoms. The molecule has 1 heterocycles. The average Bonchev–Trinajstić information content (AvgIpc) is 2.62. The van der Waals surface area contributed by atoms with Crippen LogP contribution in [0, 0.1) is 0 Å². The van der Waals surface area contributed by atoms with Crippen LogP contribution in [0.15, 0.2) is 53.3 Å². The lowest BCUT2D eigenvalue weighted by atomic mass is 10.1. The maximum absolute atomic E-state index is 11.1. The lowest BCUT2D eigenvalue weighted by molar-refractivity contribution is 0.112. The zero-order valence-electron chi connectivity index (χ0n) is 12.7. The Morgan fingerprint density at radius 1 is 1.13 bits per heavy atom. The van der Waals surface area contributed by atoms with E-state index < -0.39 is 0 Å². The Morgan fingerprint density at radius 3 is 2.65 bits per heavy atom. The molecule has 0 atom stereocenters. The van der Waals surface area contributed by atoms with Crippen LogP contribution >= 0.6 is 15.9 Å². The number of halogens is 1. The van der Waals surface area contributed by atoms with Gasteiger partial charge in [-0.3, -0.25) is 4.79 Å². The second-order valence-corrected chi connectivity index (χ2v) is 5.38. The first-order valence-corrected chi connectivity index (χ1v) is 7.83. The fourth-order valence-electron chi connectivity index (χ4n) is 2.17. The maximum atomic E-state index is 11.1. The van der Waals surface area contributed by atoms with Crippen LogP contribution in [0.25, 0.3) is 10.9 Å². The zero-order chi connectivity index (χ0) is 16.7. The fraction of sp³-hybridized carbons (Fsp3) is 0.118. The van der Waals surface area contributed by atoms with Gasteiger partial charge in [-0.2, -0.15) is 0 Å². The molecule has 0 fully saturated rings. The third-order valence-corrected chi connectivity index (χ3v) is 4.00. The molecule has 3 rings (SSSR count). The number of carbonyl (C=O) groups is 1. The minimum Gasteiger partial charge on any atom is -0.365 e. The van der Waals surface area contributed by atoms with Crippen LogP contribution in [-0.2, 0) is 6.54 Å². The van der Waals surface area contributed by atoms with E-state index in [0.717, 1.165) is 27.5 Å². The normalized spacial score (nSPS) is 9.87. The van der Waals surface area contributed by atoms with E-state index in [2.05, 4.69) is 36.9 Å². The molecule has 0 saturated carbocycles. The lowest BCUT2D eigenvalue weighted by Crippen LogP contribution is -2.03. The van der Waals surface area contributed by atoms with Crippen LogP contribution in [0.5, 0.6) is 0 Å². The summed E-state index contributed by atoms with van der Waals surface area (Å²) in [4.78, 5) is 19.5. The van der Waals surface area contributed by atoms with Crippen molar-refractivity contribution < 1.29 is 4.79 Å². The van der Waals surface area contributed by atoms with Gasteiger partial charge in [0.05, 0.1) is 5.52 Å². The summed E-state index contributed by atoms with van der Waals surface area (Å²) in [6.07, 6.45) is 2.28. The number of para-hydroxylation sites is 1. The lowest BCUT2D eigenvalue weighted by Gasteiger charge is -2.10. The van der Waals surface area contributed by atoms with E-state index in [1.54, 1.807) is 6.07 Å². The Balaban J connectivity index is 0.000000924. The number of hydrogen-bond acceptors (Lipinski definition) is 5. The first-order valence-electron chi connectivity index (χ1n) is 7.03. The van der Waals surface area contributed by atoms with E-state index in [0.29, 0.717) is 17.6 Å². The third-order valence-electron chi connectivity index (χ3n) is 3.23. The molecule has 0 unspecified atom stereocenters. The highest BCUT2D eigenvalue weighted by Crippen LogP contribution is 2.23. The molecule has 6 heteroatoms. The van der Waals surface area contributed by atoms with Gasteiger partial charge < -0.3 is 11.1 Å². The Kier molecular flexibility index (Phi) is 6.19. The van der Waals surface area contributed by atoms with Gasteiger partial charge in [0, 0.05) is 22.0 Å². The number of hydrogen-bond donors (Lipinski definition) is 2. The maximum Gasteiger partial charge on any atom is 0.152 e. The number of carbonyl (C=O) groups excluding carboxylic acids is 1. The van der Waals surface area contributed by atoms with Gasteiger partial charge in [0.15, 0.2) is 6.29 Å². The molecule has 0 spiro atoms. The fourth-order valence-corrected chi connectivity index (χ4v) is 2.59. The van der Waals surface area contributed by atoms with Gasteiger partial charge in [-0.1, -0.05) is 40.2 Å². The Labute approximate surface area is 143 Å². The topological polar surface area (TPSA) is 80.9 Å². The number of anilines is 1. The van der Waals surface area contributed by atoms with Crippen molar-refractivity contribution in [2.75, 3.05) is 12.4 Å². The number of nitrogens with two attached hydrogens (primary N) is 1. The predicted molar refractivity (Wildman–Crippen MR) is 96.5 cm³/mol. The number of nitrogens with one attached hydrogen (secondary N) is 1. The predicted octanol–water partition coefficient (Wildman–Crippen LogP) is 3.39. The Bertz CT molecular complexity index is 807. The number of nitrogens with zero attached hydrogens (tertiary/aromatic N) is 2. The zero-order valence-corrected chi connectivity index (χ0v) is 14.2. The molecule has 118 valence electrons. The molecular formula is C17H17BrN4O. The molecule has 0 radical (unpaired) electrons. The molecule has 3 N–H and O–H groups in total. The van der Waals surface area contributed by atoms with Gasteiger partial charge >= 0.3 is 0 Å². The number of fused-ring (bicyclic) bond motifs is 1. The molecule has 3 aromatic rings. The van der Waals surface area contributed by atoms with Gasteiger partial charge in [-0.15, -0.1) is 0 Å². The molecule has 1 aromatic heterocycles. The molecule has 0 amide bonds. The Morgan fingerprint density at radius 2 is 1.91 bits per heavy atom. The highest BCUT2D eigenvalue weighted by Gasteiger charge is 2.07. The SMILES string of the molecule is CN.O=Cc1cccc2c(NCc3ccccc3Br)ncnc12. The van der Waals surface area contributed by atoms with Gasteiger partial charge in [-0.05, 0) is 30.8 Å². The van der Waals surface area contributed by atoms with Gasteiger partial charge in [0.2, 0.25) is 0 Å². The highest BCUT2D eigenvalue weighted by atomic mass is 79.9. The van der Waals surface area contributed by atoms with E-state index in [9.17, 15) is 4.79 Å². The second kappa shape index (κ2) is 8.36. The van der Waals surface area contributed by atoms with Crippen LogP contribution in [0.4, 0.5) is 5.82 Å². The highest BCUT2D eigenvalue weighted by molar-refractivity contribution is 9.10. The van der Waals surface area contributed by atoms with Crippen molar-refractivity contribution in [1.29, 1.82) is 0 Å². The summed E-state index contributed by atoms with van der Waals surface area (Å²) in [5, 5.41) is 4.14. The molecule has 2 aromatic carbocycles. The monoisotopic (exact) mass is 372 g/mol. The van der Waals surface area contributed by atoms with Crippen molar-refractivity contribution in [2.45, 2.75) is 6.54 Å². The second-order valence-electron chi connectivity index (χ2n) is 4.53. The van der Waals surface area contributed by atoms with Gasteiger partial charge in [-0.25, -0.2) is 9.97 Å². The summed E-state index contributed by atoms with van der Waals surface area (Å²) in [6.45, 7) is 0.638. The summed E-state index contributed by atoms with van der Waals surface area (Å²) in [5.74, 6) is 0.722. The van der Waals surface area contributed by atoms with Crippen molar-refractivity contribution >= 4 is 38.9 Å². The summed E-state index contributed by atoms with van der Waals surface area (Å²) in [5.41, 5.74) is 6.87. The van der Waals surface area contributed by atoms with Crippen molar-refractivity contribution in [2.24, 2.45) is 5.73 Å². The van der Waals surface area contributed by atoms with Crippen LogP contribution in [0.2, 0.25) is 0 Å². The first kappa shape index (κ1) is 17.1. The summed E-state index contributed by atoms with van der Waals surface area (Å²) >= 11 is 3.52. The van der Waals surface area contributed by atoms with Crippen LogP contribution in [0.3, 0.4) is 0 Å². The minimum atomic E-state index is 0.568. The van der Waals surface area contributed by atoms with Crippen LogP contribution in [0.1, 0.15) is 15.9 Å². The standard InChI is InChI=1S/C16H12BrN3O.CH5N/c17-14-7-2-1-4-11(14)8-18-16-13-6-3-5-12(9-21)15(13)19-10-20-16;1-2/h1-7,9-10H,8H2,(H,18,19,20);2H2,1H3. The molecule has 0 bridgehead atoms. The number of benzene rings is 2. The van der Waals surface area contributed by atoms with Gasteiger partial charge in [0.25, 0.3) is 0 Å².